The van der Waals surface area contributed by atoms with Gasteiger partial charge in [0.05, 0.1) is 6.61 Å². The molecule has 0 saturated heterocycles. The predicted octanol–water partition coefficient (Wildman–Crippen LogP) is 6.19. The summed E-state index contributed by atoms with van der Waals surface area (Å²) >= 11 is 0. The minimum Gasteiger partial charge on any atom is -0.460 e. The van der Waals surface area contributed by atoms with E-state index in [4.69, 9.17) is 13.6 Å². The van der Waals surface area contributed by atoms with Crippen LogP contribution in [0.4, 0.5) is 0 Å². The van der Waals surface area contributed by atoms with Gasteiger partial charge in [0, 0.05) is 12.2 Å². The molecule has 0 heterocycles. The number of hydrogen-bond donors (Lipinski definition) is 0. The fourth-order valence-corrected chi connectivity index (χ4v) is 8.64. The summed E-state index contributed by atoms with van der Waals surface area (Å²) in [7, 11) is -2.41. The standard InChI is InChI=1S/C13H28O4Si2.C5H12.2CH4/c1-12(2)13(14)16-10-9-15-8-7-11-19(5,6)17-18(3)4;1-3-5-4-2;;/h18H,1,7-11H2,2-6H3;3-5H2,1-2H3;2*1H4. The van der Waals surface area contributed by atoms with Gasteiger partial charge in [0.25, 0.3) is 0 Å². The lowest BCUT2D eigenvalue weighted by Gasteiger charge is -2.25. The molecule has 0 fully saturated rings. The summed E-state index contributed by atoms with van der Waals surface area (Å²) in [6.45, 7) is 19.9. The van der Waals surface area contributed by atoms with E-state index in [1.54, 1.807) is 6.92 Å². The minimum atomic E-state index is -1.48. The molecule has 0 unspecified atom stereocenters. The topological polar surface area (TPSA) is 44.8 Å². The van der Waals surface area contributed by atoms with Gasteiger partial charge in [-0.05, 0) is 45.6 Å². The largest absolute Gasteiger partial charge is 0.460 e. The van der Waals surface area contributed by atoms with Gasteiger partial charge in [0.1, 0.15) is 6.61 Å². The maximum Gasteiger partial charge on any atom is 0.333 e. The average molecular weight is 409 g/mol. The highest BCUT2D eigenvalue weighted by molar-refractivity contribution is 6.77. The van der Waals surface area contributed by atoms with Crippen LogP contribution >= 0.6 is 0 Å². The van der Waals surface area contributed by atoms with Crippen molar-refractivity contribution in [1.29, 1.82) is 0 Å². The Bertz CT molecular complexity index is 330. The number of hydrogen-bond acceptors (Lipinski definition) is 4. The highest BCUT2D eigenvalue weighted by Crippen LogP contribution is 2.14. The van der Waals surface area contributed by atoms with Crippen LogP contribution in [0.2, 0.25) is 32.2 Å². The van der Waals surface area contributed by atoms with E-state index in [0.717, 1.165) is 12.5 Å². The summed E-state index contributed by atoms with van der Waals surface area (Å²) in [5, 5.41) is 0. The molecule has 160 valence electrons. The number of rotatable bonds is 12. The van der Waals surface area contributed by atoms with E-state index >= 15 is 0 Å². The average Bonchev–Trinajstić information content (AvgIpc) is 2.45. The second-order valence-electron chi connectivity index (χ2n) is 6.91. The molecule has 0 radical (unpaired) electrons. The van der Waals surface area contributed by atoms with E-state index in [0.29, 0.717) is 25.4 Å². The Morgan fingerprint density at radius 1 is 1.00 bits per heavy atom. The smallest absolute Gasteiger partial charge is 0.333 e. The summed E-state index contributed by atoms with van der Waals surface area (Å²) in [6.07, 6.45) is 5.09. The van der Waals surface area contributed by atoms with Gasteiger partial charge in [0.2, 0.25) is 0 Å². The molecule has 0 saturated carbocycles. The Morgan fingerprint density at radius 2 is 1.54 bits per heavy atom. The molecule has 0 aliphatic heterocycles. The van der Waals surface area contributed by atoms with Crippen LogP contribution in [0.1, 0.15) is 61.3 Å². The predicted molar refractivity (Wildman–Crippen MR) is 122 cm³/mol. The van der Waals surface area contributed by atoms with E-state index in [-0.39, 0.29) is 20.8 Å². The number of esters is 1. The van der Waals surface area contributed by atoms with E-state index in [2.05, 4.69) is 46.6 Å². The van der Waals surface area contributed by atoms with Gasteiger partial charge in [0.15, 0.2) is 17.4 Å². The highest BCUT2D eigenvalue weighted by atomic mass is 28.4. The Morgan fingerprint density at radius 3 is 1.92 bits per heavy atom. The van der Waals surface area contributed by atoms with Gasteiger partial charge in [-0.2, -0.15) is 0 Å². The molecule has 0 aromatic heterocycles. The molecule has 0 rings (SSSR count). The molecule has 6 heteroatoms. The fourth-order valence-electron chi connectivity index (χ4n) is 2.07. The lowest BCUT2D eigenvalue weighted by molar-refractivity contribution is -0.140. The lowest BCUT2D eigenvalue weighted by atomic mass is 10.3. The molecule has 4 nitrogen and oxygen atoms in total. The minimum absolute atomic E-state index is 0. The molecule has 0 aliphatic rings. The first kappa shape index (κ1) is 33.2. The summed E-state index contributed by atoms with van der Waals surface area (Å²) in [4.78, 5) is 11.1. The van der Waals surface area contributed by atoms with E-state index in [1.165, 1.54) is 19.3 Å². The molecule has 0 aliphatic carbocycles. The number of carbonyl (C=O) groups excluding carboxylic acids is 1. The third-order valence-electron chi connectivity index (χ3n) is 3.14. The van der Waals surface area contributed by atoms with Crippen molar-refractivity contribution in [2.75, 3.05) is 19.8 Å². The van der Waals surface area contributed by atoms with E-state index < -0.39 is 17.4 Å². The summed E-state index contributed by atoms with van der Waals surface area (Å²) in [5.74, 6) is -0.354. The van der Waals surface area contributed by atoms with Crippen LogP contribution in [0.3, 0.4) is 0 Å². The zero-order chi connectivity index (χ0) is 19.0. The molecule has 0 amide bonds. The zero-order valence-electron chi connectivity index (χ0n) is 17.1. The van der Waals surface area contributed by atoms with Crippen molar-refractivity contribution in [1.82, 2.24) is 0 Å². The number of unbranched alkanes of at least 4 members (excludes halogenated alkanes) is 2. The third kappa shape index (κ3) is 25.8. The molecule has 0 aromatic rings. The van der Waals surface area contributed by atoms with Crippen molar-refractivity contribution >= 4 is 23.3 Å². The first-order chi connectivity index (χ1) is 11.2. The Labute approximate surface area is 167 Å². The quantitative estimate of drug-likeness (QED) is 0.167. The number of ether oxygens (including phenoxy) is 2. The van der Waals surface area contributed by atoms with Crippen molar-refractivity contribution in [3.05, 3.63) is 12.2 Å². The van der Waals surface area contributed by atoms with Crippen LogP contribution < -0.4 is 0 Å². The lowest BCUT2D eigenvalue weighted by Crippen LogP contribution is -2.35. The number of carbonyl (C=O) groups is 1. The van der Waals surface area contributed by atoms with E-state index in [1.807, 2.05) is 0 Å². The van der Waals surface area contributed by atoms with Gasteiger partial charge in [-0.15, -0.1) is 0 Å². The van der Waals surface area contributed by atoms with E-state index in [9.17, 15) is 4.79 Å². The monoisotopic (exact) mass is 408 g/mol. The van der Waals surface area contributed by atoms with Gasteiger partial charge >= 0.3 is 5.97 Å². The molecule has 0 spiro atoms. The molecular formula is C20H48O4Si2. The van der Waals surface area contributed by atoms with Crippen LogP contribution in [0.25, 0.3) is 0 Å². The Hall–Kier alpha value is -0.436. The second kappa shape index (κ2) is 20.9. The van der Waals surface area contributed by atoms with Crippen LogP contribution in [-0.4, -0.2) is 43.1 Å². The zero-order valence-corrected chi connectivity index (χ0v) is 19.2. The van der Waals surface area contributed by atoms with Crippen LogP contribution in [0, 0.1) is 0 Å². The normalized spacial score (nSPS) is 10.2. The van der Waals surface area contributed by atoms with Crippen molar-refractivity contribution in [3.8, 4) is 0 Å². The summed E-state index contributed by atoms with van der Waals surface area (Å²) in [5.41, 5.74) is 0.419. The molecule has 0 bridgehead atoms. The first-order valence-corrected chi connectivity index (χ1v) is 15.1. The van der Waals surface area contributed by atoms with Gasteiger partial charge in [-0.3, -0.25) is 0 Å². The fraction of sp³-hybridized carbons (Fsp3) is 0.850. The summed E-state index contributed by atoms with van der Waals surface area (Å²) < 4.78 is 16.4. The molecule has 0 N–H and O–H groups in total. The molecule has 0 atom stereocenters. The highest BCUT2D eigenvalue weighted by Gasteiger charge is 2.22. The second-order valence-corrected chi connectivity index (χ2v) is 14.0. The molecule has 0 aromatic carbocycles. The van der Waals surface area contributed by atoms with Gasteiger partial charge in [-0.25, -0.2) is 4.79 Å². The Kier molecular flexibility index (Phi) is 26.6. The van der Waals surface area contributed by atoms with Crippen molar-refractivity contribution < 1.29 is 18.4 Å². The summed E-state index contributed by atoms with van der Waals surface area (Å²) in [6, 6.07) is 1.11. The molecular weight excluding hydrogens is 360 g/mol. The maximum absolute atomic E-state index is 11.1. The SMILES string of the molecule is C.C.C=C(C)C(=O)OCCOCCC[Si](C)(C)O[SiH](C)C.CCCCC. The van der Waals surface area contributed by atoms with Crippen molar-refractivity contribution in [2.45, 2.75) is 93.5 Å². The van der Waals surface area contributed by atoms with Crippen LogP contribution in [-0.2, 0) is 18.4 Å². The van der Waals surface area contributed by atoms with Crippen LogP contribution in [0.15, 0.2) is 12.2 Å². The van der Waals surface area contributed by atoms with Gasteiger partial charge in [-0.1, -0.05) is 54.5 Å². The Balaban J connectivity index is -0.000000304. The van der Waals surface area contributed by atoms with Crippen molar-refractivity contribution in [2.24, 2.45) is 0 Å². The maximum atomic E-state index is 11.1. The molecule has 26 heavy (non-hydrogen) atoms. The first-order valence-electron chi connectivity index (χ1n) is 9.24. The van der Waals surface area contributed by atoms with Gasteiger partial charge < -0.3 is 13.6 Å². The van der Waals surface area contributed by atoms with Crippen LogP contribution in [0.5, 0.6) is 0 Å². The van der Waals surface area contributed by atoms with Crippen molar-refractivity contribution in [3.63, 3.8) is 0 Å². The third-order valence-corrected chi connectivity index (χ3v) is 9.13.